The van der Waals surface area contributed by atoms with Crippen LogP contribution in [0.2, 0.25) is 0 Å². The summed E-state index contributed by atoms with van der Waals surface area (Å²) in [5, 5.41) is 6.16. The second-order valence-corrected chi connectivity index (χ2v) is 5.07. The Labute approximate surface area is 83.4 Å². The lowest BCUT2D eigenvalue weighted by molar-refractivity contribution is 0.202. The number of rotatable bonds is 4. The highest BCUT2D eigenvalue weighted by atomic mass is 16.3. The van der Waals surface area contributed by atoms with E-state index in [1.165, 1.54) is 19.3 Å². The van der Waals surface area contributed by atoms with Crippen LogP contribution >= 0.6 is 0 Å². The summed E-state index contributed by atoms with van der Waals surface area (Å²) in [4.78, 5) is 21.4. The average molecular weight is 196 g/mol. The molecule has 2 saturated carbocycles. The van der Waals surface area contributed by atoms with Crippen LogP contribution in [0.25, 0.3) is 0 Å². The molecule has 0 bridgehead atoms. The lowest BCUT2D eigenvalue weighted by Gasteiger charge is -2.32. The first kappa shape index (κ1) is 9.74. The minimum absolute atomic E-state index is 0.300. The SMILES string of the molecule is CC(N=O)C(C)(N=O)C1CC12CCC2. The molecule has 2 aliphatic carbocycles. The van der Waals surface area contributed by atoms with Crippen LogP contribution in [0.4, 0.5) is 0 Å². The van der Waals surface area contributed by atoms with Gasteiger partial charge < -0.3 is 0 Å². The Morgan fingerprint density at radius 3 is 2.36 bits per heavy atom. The van der Waals surface area contributed by atoms with E-state index in [0.717, 1.165) is 6.42 Å². The summed E-state index contributed by atoms with van der Waals surface area (Å²) in [7, 11) is 0. The van der Waals surface area contributed by atoms with E-state index in [2.05, 4.69) is 10.4 Å². The van der Waals surface area contributed by atoms with Gasteiger partial charge in [-0.1, -0.05) is 16.8 Å². The molecular weight excluding hydrogens is 180 g/mol. The highest BCUT2D eigenvalue weighted by molar-refractivity contribution is 5.18. The fourth-order valence-electron chi connectivity index (χ4n) is 2.90. The first-order chi connectivity index (χ1) is 6.59. The Hall–Kier alpha value is -0.800. The Morgan fingerprint density at radius 1 is 1.43 bits per heavy atom. The van der Waals surface area contributed by atoms with Gasteiger partial charge in [0.2, 0.25) is 0 Å². The summed E-state index contributed by atoms with van der Waals surface area (Å²) >= 11 is 0. The van der Waals surface area contributed by atoms with Gasteiger partial charge in [0.25, 0.3) is 0 Å². The molecule has 4 heteroatoms. The minimum atomic E-state index is -0.762. The average Bonchev–Trinajstić information content (AvgIpc) is 2.90. The van der Waals surface area contributed by atoms with Gasteiger partial charge >= 0.3 is 0 Å². The summed E-state index contributed by atoms with van der Waals surface area (Å²) < 4.78 is 0. The zero-order chi connectivity index (χ0) is 10.4. The lowest BCUT2D eigenvalue weighted by Crippen LogP contribution is -2.39. The summed E-state index contributed by atoms with van der Waals surface area (Å²) in [6.07, 6.45) is 4.73. The molecule has 0 heterocycles. The molecule has 0 aromatic heterocycles. The van der Waals surface area contributed by atoms with Gasteiger partial charge in [0, 0.05) is 0 Å². The largest absolute Gasteiger partial charge is 0.150 e. The fraction of sp³-hybridized carbons (Fsp3) is 1.00. The molecule has 14 heavy (non-hydrogen) atoms. The Kier molecular flexibility index (Phi) is 1.98. The van der Waals surface area contributed by atoms with Crippen molar-refractivity contribution in [1.29, 1.82) is 0 Å². The molecule has 0 radical (unpaired) electrons. The molecule has 0 saturated heterocycles. The van der Waals surface area contributed by atoms with Crippen LogP contribution in [-0.4, -0.2) is 11.6 Å². The Bertz CT molecular complexity index is 275. The summed E-state index contributed by atoms with van der Waals surface area (Å²) in [5.41, 5.74) is -0.399. The maximum absolute atomic E-state index is 10.9. The molecule has 0 aromatic rings. The predicted molar refractivity (Wildman–Crippen MR) is 53.8 cm³/mol. The molecule has 2 aliphatic rings. The Balaban J connectivity index is 2.13. The fourth-order valence-corrected chi connectivity index (χ4v) is 2.90. The maximum atomic E-state index is 10.9. The molecule has 78 valence electrons. The van der Waals surface area contributed by atoms with Crippen molar-refractivity contribution < 1.29 is 0 Å². The van der Waals surface area contributed by atoms with E-state index in [1.54, 1.807) is 13.8 Å². The molecule has 0 aromatic carbocycles. The molecule has 2 rings (SSSR count). The first-order valence-electron chi connectivity index (χ1n) is 5.26. The van der Waals surface area contributed by atoms with E-state index in [4.69, 9.17) is 0 Å². The van der Waals surface area contributed by atoms with Gasteiger partial charge in [-0.25, -0.2) is 0 Å². The summed E-state index contributed by atoms with van der Waals surface area (Å²) in [6.45, 7) is 3.48. The summed E-state index contributed by atoms with van der Waals surface area (Å²) in [6, 6.07) is -0.495. The van der Waals surface area contributed by atoms with Crippen molar-refractivity contribution in [3.05, 3.63) is 9.81 Å². The van der Waals surface area contributed by atoms with E-state index in [9.17, 15) is 9.81 Å². The molecule has 0 N–H and O–H groups in total. The standard InChI is InChI=1S/C10H16N2O2/c1-7(11-13)9(2,12-14)8-6-10(8)4-3-5-10/h7-8H,3-6H2,1-2H3. The molecule has 3 atom stereocenters. The van der Waals surface area contributed by atoms with Crippen LogP contribution < -0.4 is 0 Å². The molecule has 0 aliphatic heterocycles. The van der Waals surface area contributed by atoms with Crippen molar-refractivity contribution in [2.45, 2.75) is 51.1 Å². The molecule has 3 unspecified atom stereocenters. The summed E-state index contributed by atoms with van der Waals surface area (Å²) in [5.74, 6) is 0.300. The van der Waals surface area contributed by atoms with Crippen molar-refractivity contribution in [2.75, 3.05) is 0 Å². The van der Waals surface area contributed by atoms with E-state index >= 15 is 0 Å². The first-order valence-corrected chi connectivity index (χ1v) is 5.26. The number of nitrogens with zero attached hydrogens (tertiary/aromatic N) is 2. The van der Waals surface area contributed by atoms with Crippen LogP contribution in [0.3, 0.4) is 0 Å². The molecule has 4 nitrogen and oxygen atoms in total. The van der Waals surface area contributed by atoms with Crippen molar-refractivity contribution in [3.63, 3.8) is 0 Å². The van der Waals surface area contributed by atoms with Gasteiger partial charge in [-0.2, -0.15) is 9.81 Å². The van der Waals surface area contributed by atoms with Gasteiger partial charge in [0.05, 0.1) is 0 Å². The second kappa shape index (κ2) is 2.84. The Morgan fingerprint density at radius 2 is 2.07 bits per heavy atom. The van der Waals surface area contributed by atoms with Crippen LogP contribution in [0, 0.1) is 21.1 Å². The molecule has 0 amide bonds. The highest BCUT2D eigenvalue weighted by Crippen LogP contribution is 2.70. The van der Waals surface area contributed by atoms with Crippen molar-refractivity contribution in [3.8, 4) is 0 Å². The normalized spacial score (nSPS) is 34.0. The molecule has 1 spiro atoms. The maximum Gasteiger partial charge on any atom is 0.128 e. The van der Waals surface area contributed by atoms with Crippen LogP contribution in [0.5, 0.6) is 0 Å². The van der Waals surface area contributed by atoms with E-state index < -0.39 is 11.6 Å². The van der Waals surface area contributed by atoms with E-state index in [1.807, 2.05) is 0 Å². The van der Waals surface area contributed by atoms with Gasteiger partial charge in [0.15, 0.2) is 0 Å². The number of nitroso groups, excluding NO2 is 2. The van der Waals surface area contributed by atoms with Gasteiger partial charge in [-0.3, -0.25) is 0 Å². The van der Waals surface area contributed by atoms with Gasteiger partial charge in [0.1, 0.15) is 11.6 Å². The minimum Gasteiger partial charge on any atom is -0.150 e. The topological polar surface area (TPSA) is 58.9 Å². The second-order valence-electron chi connectivity index (χ2n) is 5.07. The number of hydrogen-bond acceptors (Lipinski definition) is 4. The van der Waals surface area contributed by atoms with Crippen LogP contribution in [0.1, 0.15) is 39.5 Å². The monoisotopic (exact) mass is 196 g/mol. The van der Waals surface area contributed by atoms with Crippen molar-refractivity contribution >= 4 is 0 Å². The van der Waals surface area contributed by atoms with Crippen LogP contribution in [-0.2, 0) is 0 Å². The highest BCUT2D eigenvalue weighted by Gasteiger charge is 2.66. The van der Waals surface area contributed by atoms with E-state index in [0.29, 0.717) is 11.3 Å². The zero-order valence-electron chi connectivity index (χ0n) is 8.69. The smallest absolute Gasteiger partial charge is 0.128 e. The molecule has 2 fully saturated rings. The quantitative estimate of drug-likeness (QED) is 0.649. The van der Waals surface area contributed by atoms with E-state index in [-0.39, 0.29) is 0 Å². The third-order valence-electron chi connectivity index (χ3n) is 4.45. The van der Waals surface area contributed by atoms with Gasteiger partial charge in [-0.15, -0.1) is 0 Å². The van der Waals surface area contributed by atoms with Crippen LogP contribution in [0.15, 0.2) is 10.4 Å². The number of hydrogen-bond donors (Lipinski definition) is 0. The van der Waals surface area contributed by atoms with Crippen molar-refractivity contribution in [2.24, 2.45) is 21.7 Å². The lowest BCUT2D eigenvalue weighted by atomic mass is 9.74. The van der Waals surface area contributed by atoms with Gasteiger partial charge in [-0.05, 0) is 44.4 Å². The third kappa shape index (κ3) is 1.06. The molecular formula is C10H16N2O2. The predicted octanol–water partition coefficient (Wildman–Crippen LogP) is 2.86. The third-order valence-corrected chi connectivity index (χ3v) is 4.45. The van der Waals surface area contributed by atoms with Crippen molar-refractivity contribution in [1.82, 2.24) is 0 Å². The zero-order valence-corrected chi connectivity index (χ0v) is 8.69.